The molecule has 2 aromatic carbocycles. The Kier molecular flexibility index (Phi) is 3.43. The van der Waals surface area contributed by atoms with E-state index in [1.165, 1.54) is 23.5 Å². The molecule has 0 saturated carbocycles. The lowest BCUT2D eigenvalue weighted by Crippen LogP contribution is -2.23. The smallest absolute Gasteiger partial charge is 0.252 e. The number of halogens is 1. The largest absolute Gasteiger partial charge is 0.346 e. The van der Waals surface area contributed by atoms with Crippen LogP contribution in [0.4, 0.5) is 4.39 Å². The molecule has 0 unspecified atom stereocenters. The topological polar surface area (TPSA) is 42.0 Å². The molecule has 1 aromatic heterocycles. The van der Waals surface area contributed by atoms with Gasteiger partial charge in [-0.05, 0) is 17.5 Å². The van der Waals surface area contributed by atoms with Crippen molar-refractivity contribution >= 4 is 28.0 Å². The van der Waals surface area contributed by atoms with E-state index >= 15 is 0 Å². The van der Waals surface area contributed by atoms with Gasteiger partial charge in [-0.25, -0.2) is 9.37 Å². The number of hydrogen-bond donors (Lipinski definition) is 1. The predicted octanol–water partition coefficient (Wildman–Crippen LogP) is 3.37. The van der Waals surface area contributed by atoms with Crippen molar-refractivity contribution in [1.82, 2.24) is 10.3 Å². The summed E-state index contributed by atoms with van der Waals surface area (Å²) in [6.07, 6.45) is 0. The van der Waals surface area contributed by atoms with Gasteiger partial charge in [0.2, 0.25) is 0 Å². The Morgan fingerprint density at radius 3 is 2.75 bits per heavy atom. The van der Waals surface area contributed by atoms with Gasteiger partial charge in [-0.1, -0.05) is 24.3 Å². The second-order valence-electron chi connectivity index (χ2n) is 4.30. The molecule has 5 heteroatoms. The third-order valence-corrected chi connectivity index (χ3v) is 3.66. The number of amides is 1. The van der Waals surface area contributed by atoms with Gasteiger partial charge in [-0.2, -0.15) is 0 Å². The fraction of sp³-hybridized carbons (Fsp3) is 0.0667. The highest BCUT2D eigenvalue weighted by Crippen LogP contribution is 2.21. The number of rotatable bonds is 3. The zero-order valence-electron chi connectivity index (χ0n) is 10.5. The summed E-state index contributed by atoms with van der Waals surface area (Å²) in [5, 5.41) is 5.74. The van der Waals surface area contributed by atoms with E-state index in [0.717, 1.165) is 5.69 Å². The molecule has 20 heavy (non-hydrogen) atoms. The van der Waals surface area contributed by atoms with Crippen molar-refractivity contribution in [3.05, 3.63) is 64.4 Å². The molecule has 1 heterocycles. The second kappa shape index (κ2) is 5.38. The highest BCUT2D eigenvalue weighted by molar-refractivity contribution is 7.07. The maximum Gasteiger partial charge on any atom is 0.252 e. The molecule has 0 aliphatic rings. The van der Waals surface area contributed by atoms with E-state index in [4.69, 9.17) is 0 Å². The number of thiazole rings is 1. The van der Waals surface area contributed by atoms with Gasteiger partial charge in [0.15, 0.2) is 0 Å². The predicted molar refractivity (Wildman–Crippen MR) is 77.2 cm³/mol. The third kappa shape index (κ3) is 2.40. The first-order chi connectivity index (χ1) is 9.75. The number of nitrogens with one attached hydrogen (secondary N) is 1. The Morgan fingerprint density at radius 1 is 1.20 bits per heavy atom. The van der Waals surface area contributed by atoms with Crippen LogP contribution in [0, 0.1) is 5.82 Å². The molecule has 0 fully saturated rings. The number of nitrogens with zero attached hydrogens (tertiary/aromatic N) is 1. The maximum absolute atomic E-state index is 13.7. The Bertz CT molecular complexity index is 756. The van der Waals surface area contributed by atoms with E-state index in [9.17, 15) is 9.18 Å². The lowest BCUT2D eigenvalue weighted by Gasteiger charge is -2.07. The lowest BCUT2D eigenvalue weighted by atomic mass is 10.0. The molecule has 0 spiro atoms. The number of fused-ring (bicyclic) bond motifs is 1. The first-order valence-corrected chi connectivity index (χ1v) is 7.02. The maximum atomic E-state index is 13.7. The van der Waals surface area contributed by atoms with E-state index < -0.39 is 0 Å². The summed E-state index contributed by atoms with van der Waals surface area (Å²) in [7, 11) is 0. The van der Waals surface area contributed by atoms with E-state index in [1.807, 2.05) is 5.38 Å². The summed E-state index contributed by atoms with van der Waals surface area (Å²) in [6.45, 7) is 0.369. The zero-order valence-corrected chi connectivity index (χ0v) is 11.3. The molecule has 1 amide bonds. The van der Waals surface area contributed by atoms with Crippen LogP contribution in [0.2, 0.25) is 0 Å². The molecule has 0 bridgehead atoms. The van der Waals surface area contributed by atoms with Gasteiger partial charge in [0.25, 0.3) is 5.91 Å². The number of carbonyl (C=O) groups is 1. The van der Waals surface area contributed by atoms with Gasteiger partial charge in [-0.3, -0.25) is 4.79 Å². The van der Waals surface area contributed by atoms with Crippen LogP contribution in [-0.4, -0.2) is 10.9 Å². The van der Waals surface area contributed by atoms with Crippen LogP contribution in [0.5, 0.6) is 0 Å². The SMILES string of the molecule is O=C(NCc1cscn1)c1ccc(F)c2ccccc12. The van der Waals surface area contributed by atoms with Gasteiger partial charge < -0.3 is 5.32 Å². The highest BCUT2D eigenvalue weighted by Gasteiger charge is 2.12. The molecule has 1 N–H and O–H groups in total. The van der Waals surface area contributed by atoms with Crippen molar-refractivity contribution in [3.63, 3.8) is 0 Å². The van der Waals surface area contributed by atoms with E-state index in [0.29, 0.717) is 22.9 Å². The molecule has 3 nitrogen and oxygen atoms in total. The van der Waals surface area contributed by atoms with Crippen LogP contribution in [-0.2, 0) is 6.54 Å². The zero-order chi connectivity index (χ0) is 13.9. The Labute approximate surface area is 119 Å². The van der Waals surface area contributed by atoms with Gasteiger partial charge in [-0.15, -0.1) is 11.3 Å². The standard InChI is InChI=1S/C15H11FN2OS/c16-14-6-5-13(11-3-1-2-4-12(11)14)15(19)17-7-10-8-20-9-18-10/h1-6,8-9H,7H2,(H,17,19). The molecule has 3 rings (SSSR count). The normalized spacial score (nSPS) is 10.7. The van der Waals surface area contributed by atoms with E-state index in [1.54, 1.807) is 29.8 Å². The fourth-order valence-corrected chi connectivity index (χ4v) is 2.61. The van der Waals surface area contributed by atoms with E-state index in [-0.39, 0.29) is 11.7 Å². The van der Waals surface area contributed by atoms with Gasteiger partial charge in [0.1, 0.15) is 5.82 Å². The molecule has 100 valence electrons. The molecule has 0 atom stereocenters. The summed E-state index contributed by atoms with van der Waals surface area (Å²) in [5.74, 6) is -0.550. The Balaban J connectivity index is 1.90. The van der Waals surface area contributed by atoms with Crippen LogP contribution in [0.1, 0.15) is 16.1 Å². The monoisotopic (exact) mass is 286 g/mol. The van der Waals surface area contributed by atoms with Gasteiger partial charge in [0, 0.05) is 16.3 Å². The number of benzene rings is 2. The van der Waals surface area contributed by atoms with Crippen molar-refractivity contribution in [2.75, 3.05) is 0 Å². The van der Waals surface area contributed by atoms with Crippen LogP contribution in [0.25, 0.3) is 10.8 Å². The number of aromatic nitrogens is 1. The number of hydrogen-bond acceptors (Lipinski definition) is 3. The lowest BCUT2D eigenvalue weighted by molar-refractivity contribution is 0.0952. The first-order valence-electron chi connectivity index (χ1n) is 6.08. The molecule has 0 saturated heterocycles. The summed E-state index contributed by atoms with van der Waals surface area (Å²) in [6, 6.07) is 9.79. The quantitative estimate of drug-likeness (QED) is 0.802. The van der Waals surface area contributed by atoms with Gasteiger partial charge >= 0.3 is 0 Å². The number of carbonyl (C=O) groups excluding carboxylic acids is 1. The minimum absolute atomic E-state index is 0.228. The summed E-state index contributed by atoms with van der Waals surface area (Å²) >= 11 is 1.48. The average molecular weight is 286 g/mol. The summed E-state index contributed by atoms with van der Waals surface area (Å²) in [4.78, 5) is 16.3. The molecule has 0 radical (unpaired) electrons. The van der Waals surface area contributed by atoms with Crippen molar-refractivity contribution < 1.29 is 9.18 Å². The molecule has 0 aliphatic heterocycles. The third-order valence-electron chi connectivity index (χ3n) is 3.03. The first kappa shape index (κ1) is 12.7. The van der Waals surface area contributed by atoms with Crippen LogP contribution in [0.3, 0.4) is 0 Å². The Hall–Kier alpha value is -2.27. The molecule has 0 aliphatic carbocycles. The fourth-order valence-electron chi connectivity index (χ4n) is 2.05. The van der Waals surface area contributed by atoms with Crippen molar-refractivity contribution in [1.29, 1.82) is 0 Å². The summed E-state index contributed by atoms with van der Waals surface area (Å²) < 4.78 is 13.7. The minimum Gasteiger partial charge on any atom is -0.346 e. The van der Waals surface area contributed by atoms with Crippen LogP contribution < -0.4 is 5.32 Å². The van der Waals surface area contributed by atoms with Crippen molar-refractivity contribution in [2.24, 2.45) is 0 Å². The van der Waals surface area contributed by atoms with Crippen LogP contribution in [0.15, 0.2) is 47.3 Å². The molecule has 3 aromatic rings. The minimum atomic E-state index is -0.323. The average Bonchev–Trinajstić information content (AvgIpc) is 2.99. The van der Waals surface area contributed by atoms with Crippen molar-refractivity contribution in [2.45, 2.75) is 6.54 Å². The van der Waals surface area contributed by atoms with Crippen LogP contribution >= 0.6 is 11.3 Å². The second-order valence-corrected chi connectivity index (χ2v) is 5.02. The summed E-state index contributed by atoms with van der Waals surface area (Å²) in [5.41, 5.74) is 3.00. The van der Waals surface area contributed by atoms with Gasteiger partial charge in [0.05, 0.1) is 17.7 Å². The van der Waals surface area contributed by atoms with E-state index in [2.05, 4.69) is 10.3 Å². The molecular formula is C15H11FN2OS. The highest BCUT2D eigenvalue weighted by atomic mass is 32.1. The molecular weight excluding hydrogens is 275 g/mol. The Morgan fingerprint density at radius 2 is 2.00 bits per heavy atom. The van der Waals surface area contributed by atoms with Crippen molar-refractivity contribution in [3.8, 4) is 0 Å².